The van der Waals surface area contributed by atoms with Crippen molar-refractivity contribution in [1.29, 1.82) is 0 Å². The number of aromatic nitrogens is 1. The second-order valence-electron chi connectivity index (χ2n) is 10.3. The zero-order valence-electron chi connectivity index (χ0n) is 23.5. The number of nitrogens with one attached hydrogen (secondary N) is 1. The molecule has 0 unspecified atom stereocenters. The fourth-order valence-electron chi connectivity index (χ4n) is 4.30. The van der Waals surface area contributed by atoms with E-state index < -0.39 is 26.8 Å². The highest BCUT2D eigenvalue weighted by molar-refractivity contribution is 7.90. The summed E-state index contributed by atoms with van der Waals surface area (Å²) in [6.45, 7) is 10.1. The summed E-state index contributed by atoms with van der Waals surface area (Å²) in [6, 6.07) is 16.9. The second kappa shape index (κ2) is 12.0. The smallest absolute Gasteiger partial charge is 0.281 e. The van der Waals surface area contributed by atoms with Crippen LogP contribution < -0.4 is 19.9 Å². The number of aryl methyl sites for hydroxylation is 3. The monoisotopic (exact) mass is 577 g/mol. The molecule has 0 spiro atoms. The lowest BCUT2D eigenvalue weighted by Gasteiger charge is -2.17. The van der Waals surface area contributed by atoms with Gasteiger partial charge in [-0.15, -0.1) is 0 Å². The number of rotatable bonds is 9. The average molecular weight is 578 g/mol. The summed E-state index contributed by atoms with van der Waals surface area (Å²) in [5.74, 6) is -0.217. The van der Waals surface area contributed by atoms with Crippen molar-refractivity contribution in [2.45, 2.75) is 39.6 Å². The number of nitrogens with two attached hydrogens (primary N) is 1. The third-order valence-electron chi connectivity index (χ3n) is 6.08. The Hall–Kier alpha value is -4.44. The standard InChI is InChI=1S/C31H32FN3O5S/c1-18(2)17-39-25-14-23(13-24(32)16-25)22-9-10-26(27(15-22)40-30-20(4)11-19(3)12-21(30)5)31(36)35-41(37,38)29-8-6-7-28(33)34-29/h6-16,18H,17H2,1-5H3,(H2,33,34)(H,35,36). The largest absolute Gasteiger partial charge is 0.493 e. The first kappa shape index (κ1) is 29.5. The van der Waals surface area contributed by atoms with Crippen LogP contribution in [0.4, 0.5) is 10.2 Å². The molecule has 214 valence electrons. The lowest BCUT2D eigenvalue weighted by atomic mass is 10.0. The van der Waals surface area contributed by atoms with Crippen LogP contribution in [0.5, 0.6) is 17.2 Å². The van der Waals surface area contributed by atoms with Crippen molar-refractivity contribution in [2.24, 2.45) is 5.92 Å². The topological polar surface area (TPSA) is 121 Å². The van der Waals surface area contributed by atoms with E-state index >= 15 is 0 Å². The van der Waals surface area contributed by atoms with E-state index in [9.17, 15) is 17.6 Å². The minimum atomic E-state index is -4.34. The van der Waals surface area contributed by atoms with E-state index in [0.29, 0.717) is 29.2 Å². The molecule has 1 aromatic heterocycles. The van der Waals surface area contributed by atoms with E-state index in [1.54, 1.807) is 18.2 Å². The van der Waals surface area contributed by atoms with Crippen molar-refractivity contribution in [3.05, 3.63) is 94.8 Å². The molecular weight excluding hydrogens is 545 g/mol. The first-order valence-electron chi connectivity index (χ1n) is 13.0. The molecule has 4 aromatic rings. The number of benzene rings is 3. The van der Waals surface area contributed by atoms with Gasteiger partial charge in [0.2, 0.25) is 0 Å². The van der Waals surface area contributed by atoms with E-state index in [2.05, 4.69) is 4.98 Å². The van der Waals surface area contributed by atoms with Crippen molar-refractivity contribution >= 4 is 21.7 Å². The molecule has 0 fully saturated rings. The summed E-state index contributed by atoms with van der Waals surface area (Å²) in [5.41, 5.74) is 9.30. The first-order valence-corrected chi connectivity index (χ1v) is 14.4. The number of hydrogen-bond donors (Lipinski definition) is 2. The summed E-state index contributed by atoms with van der Waals surface area (Å²) >= 11 is 0. The number of pyridine rings is 1. The zero-order chi connectivity index (χ0) is 29.9. The summed E-state index contributed by atoms with van der Waals surface area (Å²) in [6.07, 6.45) is 0. The molecule has 0 aliphatic rings. The molecule has 3 aromatic carbocycles. The summed E-state index contributed by atoms with van der Waals surface area (Å²) < 4.78 is 54.4. The number of anilines is 1. The molecule has 1 heterocycles. The lowest BCUT2D eigenvalue weighted by Crippen LogP contribution is -2.31. The lowest BCUT2D eigenvalue weighted by molar-refractivity contribution is 0.0979. The summed E-state index contributed by atoms with van der Waals surface area (Å²) in [4.78, 5) is 17.2. The van der Waals surface area contributed by atoms with Gasteiger partial charge in [0.15, 0.2) is 5.03 Å². The molecule has 8 nitrogen and oxygen atoms in total. The number of hydrogen-bond acceptors (Lipinski definition) is 7. The number of carbonyl (C=O) groups excluding carboxylic acids is 1. The average Bonchev–Trinajstić information content (AvgIpc) is 2.89. The molecule has 3 N–H and O–H groups in total. The third-order valence-corrected chi connectivity index (χ3v) is 7.31. The van der Waals surface area contributed by atoms with Gasteiger partial charge in [0.05, 0.1) is 12.2 Å². The van der Waals surface area contributed by atoms with Crippen LogP contribution in [0.2, 0.25) is 0 Å². The van der Waals surface area contributed by atoms with Crippen molar-refractivity contribution in [3.8, 4) is 28.4 Å². The maximum Gasteiger partial charge on any atom is 0.281 e. The molecule has 0 atom stereocenters. The molecule has 4 rings (SSSR count). The number of carbonyl (C=O) groups is 1. The van der Waals surface area contributed by atoms with E-state index in [1.807, 2.05) is 51.5 Å². The maximum atomic E-state index is 14.6. The summed E-state index contributed by atoms with van der Waals surface area (Å²) in [5, 5.41) is -0.399. The van der Waals surface area contributed by atoms with Crippen molar-refractivity contribution in [2.75, 3.05) is 12.3 Å². The van der Waals surface area contributed by atoms with E-state index in [1.165, 1.54) is 36.4 Å². The first-order chi connectivity index (χ1) is 19.3. The van der Waals surface area contributed by atoms with E-state index in [-0.39, 0.29) is 23.0 Å². The number of sulfonamides is 1. The normalized spacial score (nSPS) is 11.4. The molecule has 41 heavy (non-hydrogen) atoms. The molecule has 0 radical (unpaired) electrons. The maximum absolute atomic E-state index is 14.6. The number of ether oxygens (including phenoxy) is 2. The van der Waals surface area contributed by atoms with Crippen LogP contribution in [-0.2, 0) is 10.0 Å². The van der Waals surface area contributed by atoms with Gasteiger partial charge in [-0.05, 0) is 85.3 Å². The molecule has 0 saturated heterocycles. The highest BCUT2D eigenvalue weighted by atomic mass is 32.2. The van der Waals surface area contributed by atoms with Crippen LogP contribution >= 0.6 is 0 Å². The van der Waals surface area contributed by atoms with Crippen LogP contribution in [-0.4, -0.2) is 25.9 Å². The Balaban J connectivity index is 1.78. The van der Waals surface area contributed by atoms with Crippen LogP contribution in [0.1, 0.15) is 40.9 Å². The van der Waals surface area contributed by atoms with Crippen molar-refractivity contribution in [3.63, 3.8) is 0 Å². The number of halogens is 1. The van der Waals surface area contributed by atoms with Crippen molar-refractivity contribution < 1.29 is 27.1 Å². The van der Waals surface area contributed by atoms with Gasteiger partial charge >= 0.3 is 0 Å². The Morgan fingerprint density at radius 3 is 2.34 bits per heavy atom. The van der Waals surface area contributed by atoms with Crippen LogP contribution in [0.3, 0.4) is 0 Å². The molecular formula is C31H32FN3O5S. The minimum Gasteiger partial charge on any atom is -0.493 e. The predicted octanol–water partition coefficient (Wildman–Crippen LogP) is 6.34. The van der Waals surface area contributed by atoms with Gasteiger partial charge in [0.1, 0.15) is 28.9 Å². The summed E-state index contributed by atoms with van der Waals surface area (Å²) in [7, 11) is -4.34. The van der Waals surface area contributed by atoms with Gasteiger partial charge in [0, 0.05) is 6.07 Å². The SMILES string of the molecule is Cc1cc(C)c(Oc2cc(-c3cc(F)cc(OCC(C)C)c3)ccc2C(=O)NS(=O)(=O)c2cccc(N)n2)c(C)c1. The molecule has 0 bridgehead atoms. The minimum absolute atomic E-state index is 0.00847. The van der Waals surface area contributed by atoms with E-state index in [0.717, 1.165) is 16.7 Å². The Labute approximate surface area is 239 Å². The highest BCUT2D eigenvalue weighted by Crippen LogP contribution is 2.36. The van der Waals surface area contributed by atoms with Gasteiger partial charge in [-0.2, -0.15) is 8.42 Å². The number of nitrogen functional groups attached to an aromatic ring is 1. The Bertz CT molecular complexity index is 1700. The van der Waals surface area contributed by atoms with Gasteiger partial charge < -0.3 is 15.2 Å². The number of nitrogens with zero attached hydrogens (tertiary/aromatic N) is 1. The molecule has 0 saturated carbocycles. The molecule has 10 heteroatoms. The predicted molar refractivity (Wildman–Crippen MR) is 156 cm³/mol. The van der Waals surface area contributed by atoms with Gasteiger partial charge in [-0.1, -0.05) is 43.7 Å². The second-order valence-corrected chi connectivity index (χ2v) is 11.9. The Kier molecular flexibility index (Phi) is 8.63. The van der Waals surface area contributed by atoms with Gasteiger partial charge in [-0.25, -0.2) is 14.1 Å². The zero-order valence-corrected chi connectivity index (χ0v) is 24.3. The van der Waals surface area contributed by atoms with Crippen LogP contribution in [0.15, 0.2) is 71.8 Å². The van der Waals surface area contributed by atoms with E-state index in [4.69, 9.17) is 15.2 Å². The third kappa shape index (κ3) is 7.20. The quantitative estimate of drug-likeness (QED) is 0.238. The molecule has 1 amide bonds. The molecule has 0 aliphatic heterocycles. The number of amides is 1. The van der Waals surface area contributed by atoms with Gasteiger partial charge in [0.25, 0.3) is 15.9 Å². The van der Waals surface area contributed by atoms with Gasteiger partial charge in [-0.3, -0.25) is 4.79 Å². The fraction of sp³-hybridized carbons (Fsp3) is 0.226. The fourth-order valence-corrected chi connectivity index (χ4v) is 5.24. The molecule has 0 aliphatic carbocycles. The van der Waals surface area contributed by atoms with Crippen LogP contribution in [0.25, 0.3) is 11.1 Å². The van der Waals surface area contributed by atoms with Crippen LogP contribution in [0, 0.1) is 32.5 Å². The Morgan fingerprint density at radius 1 is 0.976 bits per heavy atom. The Morgan fingerprint density at radius 2 is 1.68 bits per heavy atom. The van der Waals surface area contributed by atoms with Crippen molar-refractivity contribution in [1.82, 2.24) is 9.71 Å². The highest BCUT2D eigenvalue weighted by Gasteiger charge is 2.24.